The minimum absolute atomic E-state index is 0.0815. The summed E-state index contributed by atoms with van der Waals surface area (Å²) in [6.07, 6.45) is 3.12. The first-order valence-electron chi connectivity index (χ1n) is 6.52. The summed E-state index contributed by atoms with van der Waals surface area (Å²) in [6.45, 7) is 5.25. The van der Waals surface area contributed by atoms with Gasteiger partial charge in [0, 0.05) is 11.8 Å². The van der Waals surface area contributed by atoms with E-state index in [9.17, 15) is 5.21 Å². The van der Waals surface area contributed by atoms with Crippen molar-refractivity contribution in [1.29, 1.82) is 0 Å². The fourth-order valence-corrected chi connectivity index (χ4v) is 3.22. The third kappa shape index (κ3) is 2.70. The average molecular weight is 233 g/mol. The summed E-state index contributed by atoms with van der Waals surface area (Å²) in [5.74, 6) is 0. The van der Waals surface area contributed by atoms with Gasteiger partial charge in [0.05, 0.1) is 19.6 Å². The maximum absolute atomic E-state index is 12.6. The van der Waals surface area contributed by atoms with Crippen LogP contribution in [0.25, 0.3) is 0 Å². The van der Waals surface area contributed by atoms with Gasteiger partial charge in [-0.2, -0.15) is 0 Å². The number of quaternary nitrogens is 1. The number of hydrogen-bond acceptors (Lipinski definition) is 1. The SMILES string of the molecule is CC1(C)CCC[N+](C)([O-])C1Cc1ccccc1. The molecule has 0 N–H and O–H groups in total. The predicted molar refractivity (Wildman–Crippen MR) is 71.4 cm³/mol. The van der Waals surface area contributed by atoms with Gasteiger partial charge in [-0.05, 0) is 18.4 Å². The molecule has 1 aromatic carbocycles. The van der Waals surface area contributed by atoms with E-state index in [2.05, 4.69) is 38.1 Å². The molecule has 2 unspecified atom stereocenters. The van der Waals surface area contributed by atoms with E-state index in [0.717, 1.165) is 19.4 Å². The Bertz CT molecular complexity index is 354. The molecular formula is C15H23NO. The van der Waals surface area contributed by atoms with E-state index in [1.165, 1.54) is 12.0 Å². The van der Waals surface area contributed by atoms with E-state index in [1.54, 1.807) is 0 Å². The zero-order valence-corrected chi connectivity index (χ0v) is 11.1. The number of hydroxylamine groups is 3. The molecule has 94 valence electrons. The average Bonchev–Trinajstić information content (AvgIpc) is 2.25. The maximum Gasteiger partial charge on any atom is 0.0977 e. The lowest BCUT2D eigenvalue weighted by Crippen LogP contribution is -2.59. The zero-order chi connectivity index (χ0) is 12.5. The van der Waals surface area contributed by atoms with Gasteiger partial charge in [-0.3, -0.25) is 0 Å². The van der Waals surface area contributed by atoms with Crippen LogP contribution in [0.3, 0.4) is 0 Å². The minimum Gasteiger partial charge on any atom is -0.633 e. The lowest BCUT2D eigenvalue weighted by atomic mass is 9.74. The molecule has 0 aromatic heterocycles. The summed E-state index contributed by atoms with van der Waals surface area (Å²) in [4.78, 5) is 0. The van der Waals surface area contributed by atoms with Gasteiger partial charge in [0.2, 0.25) is 0 Å². The Kier molecular flexibility index (Phi) is 3.28. The molecule has 1 aliphatic rings. The topological polar surface area (TPSA) is 23.1 Å². The molecule has 2 atom stereocenters. The third-order valence-corrected chi connectivity index (χ3v) is 4.26. The van der Waals surface area contributed by atoms with Crippen LogP contribution in [-0.4, -0.2) is 24.3 Å². The van der Waals surface area contributed by atoms with Crippen LogP contribution >= 0.6 is 0 Å². The first-order valence-corrected chi connectivity index (χ1v) is 6.52. The number of hydrogen-bond donors (Lipinski definition) is 0. The van der Waals surface area contributed by atoms with Gasteiger partial charge in [-0.1, -0.05) is 44.2 Å². The Labute approximate surface area is 104 Å². The molecule has 17 heavy (non-hydrogen) atoms. The second kappa shape index (κ2) is 4.43. The molecule has 2 nitrogen and oxygen atoms in total. The fraction of sp³-hybridized carbons (Fsp3) is 0.600. The van der Waals surface area contributed by atoms with E-state index in [-0.39, 0.29) is 16.1 Å². The summed E-state index contributed by atoms with van der Waals surface area (Å²) in [5, 5.41) is 12.6. The Morgan fingerprint density at radius 2 is 1.94 bits per heavy atom. The largest absolute Gasteiger partial charge is 0.633 e. The molecule has 0 spiro atoms. The number of rotatable bonds is 2. The molecule has 0 radical (unpaired) electrons. The molecular weight excluding hydrogens is 210 g/mol. The molecule has 1 fully saturated rings. The molecule has 0 aliphatic carbocycles. The highest BCUT2D eigenvalue weighted by Crippen LogP contribution is 2.39. The van der Waals surface area contributed by atoms with Crippen LogP contribution in [0.15, 0.2) is 30.3 Å². The van der Waals surface area contributed by atoms with Gasteiger partial charge in [0.1, 0.15) is 0 Å². The number of likely N-dealkylation sites (tertiary alicyclic amines) is 1. The van der Waals surface area contributed by atoms with Crippen molar-refractivity contribution in [2.24, 2.45) is 5.41 Å². The van der Waals surface area contributed by atoms with E-state index < -0.39 is 0 Å². The molecule has 2 heteroatoms. The van der Waals surface area contributed by atoms with Gasteiger partial charge in [0.15, 0.2) is 0 Å². The van der Waals surface area contributed by atoms with Crippen LogP contribution in [0, 0.1) is 10.6 Å². The zero-order valence-electron chi connectivity index (χ0n) is 11.1. The van der Waals surface area contributed by atoms with Crippen LogP contribution in [0.2, 0.25) is 0 Å². The van der Waals surface area contributed by atoms with Gasteiger partial charge >= 0.3 is 0 Å². The Morgan fingerprint density at radius 3 is 2.53 bits per heavy atom. The quantitative estimate of drug-likeness (QED) is 0.567. The van der Waals surface area contributed by atoms with Crippen molar-refractivity contribution >= 4 is 0 Å². The normalized spacial score (nSPS) is 32.4. The first kappa shape index (κ1) is 12.6. The highest BCUT2D eigenvalue weighted by atomic mass is 16.5. The van der Waals surface area contributed by atoms with Crippen molar-refractivity contribution in [3.8, 4) is 0 Å². The Morgan fingerprint density at radius 1 is 1.29 bits per heavy atom. The highest BCUT2D eigenvalue weighted by molar-refractivity contribution is 5.16. The number of nitrogens with zero attached hydrogens (tertiary/aromatic N) is 1. The molecule has 1 aromatic rings. The van der Waals surface area contributed by atoms with Crippen LogP contribution in [0.5, 0.6) is 0 Å². The summed E-state index contributed by atoms with van der Waals surface area (Å²) in [6, 6.07) is 10.6. The summed E-state index contributed by atoms with van der Waals surface area (Å²) < 4.78 is -0.0815. The highest BCUT2D eigenvalue weighted by Gasteiger charge is 2.42. The predicted octanol–water partition coefficient (Wildman–Crippen LogP) is 3.36. The lowest BCUT2D eigenvalue weighted by Gasteiger charge is -2.55. The van der Waals surface area contributed by atoms with E-state index in [1.807, 2.05) is 13.1 Å². The molecule has 0 amide bonds. The lowest BCUT2D eigenvalue weighted by molar-refractivity contribution is -0.900. The van der Waals surface area contributed by atoms with Crippen molar-refractivity contribution < 1.29 is 4.65 Å². The minimum atomic E-state index is -0.0815. The van der Waals surface area contributed by atoms with Gasteiger partial charge in [0.25, 0.3) is 0 Å². The summed E-state index contributed by atoms with van der Waals surface area (Å²) in [7, 11) is 1.84. The molecule has 2 rings (SSSR count). The second-order valence-electron chi connectivity index (χ2n) is 6.20. The molecule has 1 aliphatic heterocycles. The number of likely N-dealkylation sites (N-methyl/N-ethyl adjacent to an activating group) is 1. The Hall–Kier alpha value is -0.860. The maximum atomic E-state index is 12.6. The van der Waals surface area contributed by atoms with E-state index in [4.69, 9.17) is 0 Å². The smallest absolute Gasteiger partial charge is 0.0977 e. The molecule has 1 saturated heterocycles. The molecule has 1 heterocycles. The van der Waals surface area contributed by atoms with E-state index in [0.29, 0.717) is 0 Å². The van der Waals surface area contributed by atoms with Crippen molar-refractivity contribution in [1.82, 2.24) is 0 Å². The van der Waals surface area contributed by atoms with Crippen LogP contribution < -0.4 is 0 Å². The third-order valence-electron chi connectivity index (χ3n) is 4.26. The van der Waals surface area contributed by atoms with Crippen LogP contribution in [0.4, 0.5) is 0 Å². The Balaban J connectivity index is 2.21. The molecule has 0 saturated carbocycles. The fourth-order valence-electron chi connectivity index (χ4n) is 3.22. The van der Waals surface area contributed by atoms with Crippen LogP contribution in [0.1, 0.15) is 32.3 Å². The van der Waals surface area contributed by atoms with E-state index >= 15 is 0 Å². The van der Waals surface area contributed by atoms with Crippen molar-refractivity contribution in [2.45, 2.75) is 39.2 Å². The summed E-state index contributed by atoms with van der Waals surface area (Å²) >= 11 is 0. The van der Waals surface area contributed by atoms with Gasteiger partial charge < -0.3 is 9.85 Å². The first-order chi connectivity index (χ1) is 7.92. The molecule has 0 bridgehead atoms. The van der Waals surface area contributed by atoms with Gasteiger partial charge in [-0.15, -0.1) is 0 Å². The number of benzene rings is 1. The van der Waals surface area contributed by atoms with Crippen molar-refractivity contribution in [3.05, 3.63) is 41.1 Å². The number of piperidine rings is 1. The standard InChI is InChI=1S/C15H23NO/c1-15(2)10-7-11-16(3,17)14(15)12-13-8-5-4-6-9-13/h4-6,8-9,14H,7,10-12H2,1-3H3. The van der Waals surface area contributed by atoms with Crippen molar-refractivity contribution in [2.75, 3.05) is 13.6 Å². The van der Waals surface area contributed by atoms with Gasteiger partial charge in [-0.25, -0.2) is 0 Å². The second-order valence-corrected chi connectivity index (χ2v) is 6.20. The summed E-state index contributed by atoms with van der Waals surface area (Å²) in [5.41, 5.74) is 1.43. The van der Waals surface area contributed by atoms with Crippen molar-refractivity contribution in [3.63, 3.8) is 0 Å². The van der Waals surface area contributed by atoms with Crippen LogP contribution in [-0.2, 0) is 6.42 Å². The monoisotopic (exact) mass is 233 g/mol.